The van der Waals surface area contributed by atoms with E-state index in [9.17, 15) is 5.11 Å². The number of benzene rings is 2. The Morgan fingerprint density at radius 3 is 2.71 bits per heavy atom. The van der Waals surface area contributed by atoms with Crippen molar-refractivity contribution >= 4 is 28.9 Å². The van der Waals surface area contributed by atoms with Gasteiger partial charge in [-0.1, -0.05) is 48.0 Å². The first kappa shape index (κ1) is 15.7. The fourth-order valence-corrected chi connectivity index (χ4v) is 2.41. The van der Waals surface area contributed by atoms with Crippen LogP contribution < -0.4 is 10.5 Å². The summed E-state index contributed by atoms with van der Waals surface area (Å²) in [7, 11) is 0. The van der Waals surface area contributed by atoms with E-state index >= 15 is 0 Å². The number of rotatable bonds is 5. The van der Waals surface area contributed by atoms with E-state index in [1.807, 2.05) is 0 Å². The van der Waals surface area contributed by atoms with Gasteiger partial charge >= 0.3 is 0 Å². The second kappa shape index (κ2) is 6.85. The van der Waals surface area contributed by atoms with Crippen molar-refractivity contribution in [2.24, 2.45) is 0 Å². The average molecular weight is 324 g/mol. The van der Waals surface area contributed by atoms with Crippen LogP contribution in [0.15, 0.2) is 49.1 Å². The average Bonchev–Trinajstić information content (AvgIpc) is 2.48. The van der Waals surface area contributed by atoms with E-state index in [4.69, 9.17) is 33.7 Å². The molecule has 0 spiro atoms. The fourth-order valence-electron chi connectivity index (χ4n) is 1.95. The quantitative estimate of drug-likeness (QED) is 0.639. The van der Waals surface area contributed by atoms with E-state index in [-0.39, 0.29) is 0 Å². The molecule has 0 unspecified atom stereocenters. The maximum absolute atomic E-state index is 10.5. The molecule has 0 amide bonds. The summed E-state index contributed by atoms with van der Waals surface area (Å²) in [5, 5.41) is 11.4. The molecular formula is C16H15Cl2NO2. The molecule has 1 atom stereocenters. The van der Waals surface area contributed by atoms with Crippen LogP contribution in [0.5, 0.6) is 5.75 Å². The van der Waals surface area contributed by atoms with Crippen LogP contribution in [0.1, 0.15) is 17.2 Å². The molecule has 0 saturated heterocycles. The van der Waals surface area contributed by atoms with E-state index in [0.717, 1.165) is 0 Å². The number of nitrogens with two attached hydrogens (primary N) is 1. The zero-order chi connectivity index (χ0) is 15.4. The van der Waals surface area contributed by atoms with Crippen LogP contribution in [-0.4, -0.2) is 11.7 Å². The molecule has 0 aliphatic rings. The molecule has 0 aliphatic carbocycles. The molecule has 0 bridgehead atoms. The highest BCUT2D eigenvalue weighted by Crippen LogP contribution is 2.37. The third kappa shape index (κ3) is 3.50. The van der Waals surface area contributed by atoms with E-state index in [1.54, 1.807) is 42.5 Å². The number of aliphatic hydroxyl groups excluding tert-OH is 1. The largest absolute Gasteiger partial charge is 0.488 e. The van der Waals surface area contributed by atoms with Gasteiger partial charge in [0.15, 0.2) is 0 Å². The van der Waals surface area contributed by atoms with E-state index in [2.05, 4.69) is 6.58 Å². The molecule has 2 aromatic rings. The Hall–Kier alpha value is -1.68. The lowest BCUT2D eigenvalue weighted by Crippen LogP contribution is -2.05. The summed E-state index contributed by atoms with van der Waals surface area (Å²) in [5.41, 5.74) is 7.35. The first-order valence-electron chi connectivity index (χ1n) is 6.29. The lowest BCUT2D eigenvalue weighted by atomic mass is 9.99. The van der Waals surface area contributed by atoms with Crippen LogP contribution in [0.3, 0.4) is 0 Å². The van der Waals surface area contributed by atoms with Gasteiger partial charge in [0.25, 0.3) is 0 Å². The molecule has 0 saturated carbocycles. The van der Waals surface area contributed by atoms with Gasteiger partial charge in [-0.05, 0) is 24.3 Å². The maximum atomic E-state index is 10.5. The molecule has 110 valence electrons. The van der Waals surface area contributed by atoms with Crippen molar-refractivity contribution in [3.8, 4) is 5.75 Å². The highest BCUT2D eigenvalue weighted by atomic mass is 35.5. The minimum atomic E-state index is -0.983. The molecule has 2 aromatic carbocycles. The Morgan fingerprint density at radius 2 is 2.00 bits per heavy atom. The topological polar surface area (TPSA) is 55.5 Å². The highest BCUT2D eigenvalue weighted by Gasteiger charge is 2.19. The van der Waals surface area contributed by atoms with Crippen molar-refractivity contribution in [3.63, 3.8) is 0 Å². The van der Waals surface area contributed by atoms with Crippen LogP contribution in [0.2, 0.25) is 10.0 Å². The minimum absolute atomic E-state index is 0.332. The summed E-state index contributed by atoms with van der Waals surface area (Å²) in [4.78, 5) is 0. The summed E-state index contributed by atoms with van der Waals surface area (Å²) in [6.45, 7) is 3.92. The van der Waals surface area contributed by atoms with Crippen molar-refractivity contribution in [1.29, 1.82) is 0 Å². The van der Waals surface area contributed by atoms with Gasteiger partial charge in [-0.2, -0.15) is 0 Å². The van der Waals surface area contributed by atoms with Gasteiger partial charge in [0.05, 0.1) is 5.02 Å². The minimum Gasteiger partial charge on any atom is -0.488 e. The van der Waals surface area contributed by atoms with Gasteiger partial charge in [0.1, 0.15) is 18.5 Å². The normalized spacial score (nSPS) is 12.0. The molecular weight excluding hydrogens is 309 g/mol. The lowest BCUT2D eigenvalue weighted by Gasteiger charge is -2.17. The lowest BCUT2D eigenvalue weighted by molar-refractivity contribution is 0.220. The maximum Gasteiger partial charge on any atom is 0.138 e. The Kier molecular flexibility index (Phi) is 5.12. The van der Waals surface area contributed by atoms with Crippen LogP contribution in [-0.2, 0) is 0 Å². The van der Waals surface area contributed by atoms with Gasteiger partial charge in [0, 0.05) is 21.8 Å². The highest BCUT2D eigenvalue weighted by molar-refractivity contribution is 6.33. The Balaban J connectivity index is 2.41. The second-order valence-corrected chi connectivity index (χ2v) is 5.25. The predicted octanol–water partition coefficient (Wildman–Crippen LogP) is 4.22. The monoisotopic (exact) mass is 323 g/mol. The molecule has 0 fully saturated rings. The summed E-state index contributed by atoms with van der Waals surface area (Å²) in [6.07, 6.45) is 0.637. The van der Waals surface area contributed by atoms with Gasteiger partial charge in [-0.25, -0.2) is 0 Å². The van der Waals surface area contributed by atoms with E-state index in [0.29, 0.717) is 39.2 Å². The third-order valence-corrected chi connectivity index (χ3v) is 3.63. The number of nitrogen functional groups attached to an aromatic ring is 1. The summed E-state index contributed by atoms with van der Waals surface area (Å²) in [5.74, 6) is 0.480. The Labute approximate surface area is 133 Å². The SMILES string of the molecule is C=CCOc1cccc([C@H](O)c2cc(Cl)ccc2N)c1Cl. The van der Waals surface area contributed by atoms with Crippen molar-refractivity contribution in [1.82, 2.24) is 0 Å². The van der Waals surface area contributed by atoms with Gasteiger partial charge in [0.2, 0.25) is 0 Å². The van der Waals surface area contributed by atoms with E-state index in [1.165, 1.54) is 0 Å². The standard InChI is InChI=1S/C16H15Cl2NO2/c1-2-8-21-14-5-3-4-11(15(14)18)16(20)12-9-10(17)6-7-13(12)19/h2-7,9,16,20H,1,8,19H2/t16-/m0/s1. The summed E-state index contributed by atoms with van der Waals surface area (Å²) >= 11 is 12.2. The number of aliphatic hydroxyl groups is 1. The number of halogens is 2. The van der Waals surface area contributed by atoms with Crippen LogP contribution >= 0.6 is 23.2 Å². The number of ether oxygens (including phenoxy) is 1. The van der Waals surface area contributed by atoms with E-state index < -0.39 is 6.10 Å². The zero-order valence-corrected chi connectivity index (χ0v) is 12.7. The Bertz CT molecular complexity index is 659. The summed E-state index contributed by atoms with van der Waals surface area (Å²) in [6, 6.07) is 10.1. The van der Waals surface area contributed by atoms with Crippen LogP contribution in [0.4, 0.5) is 5.69 Å². The third-order valence-electron chi connectivity index (χ3n) is 2.99. The first-order chi connectivity index (χ1) is 10.0. The number of anilines is 1. The molecule has 21 heavy (non-hydrogen) atoms. The summed E-state index contributed by atoms with van der Waals surface area (Å²) < 4.78 is 5.45. The van der Waals surface area contributed by atoms with Gasteiger partial charge < -0.3 is 15.6 Å². The van der Waals surface area contributed by atoms with Crippen molar-refractivity contribution in [2.45, 2.75) is 6.10 Å². The molecule has 2 rings (SSSR count). The van der Waals surface area contributed by atoms with Crippen molar-refractivity contribution in [3.05, 3.63) is 70.2 Å². The van der Waals surface area contributed by atoms with Crippen LogP contribution in [0.25, 0.3) is 0 Å². The fraction of sp³-hybridized carbons (Fsp3) is 0.125. The number of hydrogen-bond acceptors (Lipinski definition) is 3. The molecule has 3 nitrogen and oxygen atoms in total. The Morgan fingerprint density at radius 1 is 1.24 bits per heavy atom. The predicted molar refractivity (Wildman–Crippen MR) is 87.1 cm³/mol. The van der Waals surface area contributed by atoms with Gasteiger partial charge in [-0.15, -0.1) is 0 Å². The molecule has 3 N–H and O–H groups in total. The van der Waals surface area contributed by atoms with Crippen LogP contribution in [0, 0.1) is 0 Å². The molecule has 5 heteroatoms. The molecule has 0 aliphatic heterocycles. The molecule has 0 aromatic heterocycles. The van der Waals surface area contributed by atoms with Crippen molar-refractivity contribution < 1.29 is 9.84 Å². The zero-order valence-electron chi connectivity index (χ0n) is 11.2. The molecule has 0 radical (unpaired) electrons. The first-order valence-corrected chi connectivity index (χ1v) is 7.05. The number of hydrogen-bond donors (Lipinski definition) is 2. The smallest absolute Gasteiger partial charge is 0.138 e. The van der Waals surface area contributed by atoms with Gasteiger partial charge in [-0.3, -0.25) is 0 Å². The van der Waals surface area contributed by atoms with Crippen molar-refractivity contribution in [2.75, 3.05) is 12.3 Å². The second-order valence-electron chi connectivity index (χ2n) is 4.43. The molecule has 0 heterocycles.